The van der Waals surface area contributed by atoms with Crippen molar-refractivity contribution in [1.82, 2.24) is 25.6 Å². The van der Waals surface area contributed by atoms with Gasteiger partial charge in [0.2, 0.25) is 0 Å². The van der Waals surface area contributed by atoms with Gasteiger partial charge in [0.25, 0.3) is 5.91 Å². The van der Waals surface area contributed by atoms with Gasteiger partial charge in [0.05, 0.1) is 17.5 Å². The summed E-state index contributed by atoms with van der Waals surface area (Å²) in [7, 11) is 0. The van der Waals surface area contributed by atoms with Crippen molar-refractivity contribution in [3.05, 3.63) is 47.4 Å². The van der Waals surface area contributed by atoms with E-state index in [9.17, 15) is 13.6 Å². The van der Waals surface area contributed by atoms with Crippen LogP contribution in [0, 0.1) is 11.3 Å². The van der Waals surface area contributed by atoms with Gasteiger partial charge < -0.3 is 25.7 Å². The number of fused-ring (bicyclic) bond motifs is 1. The Bertz CT molecular complexity index is 1230. The summed E-state index contributed by atoms with van der Waals surface area (Å²) in [5, 5.41) is 18.3. The lowest BCUT2D eigenvalue weighted by atomic mass is 10.0. The number of carbonyl (C=O) groups is 1. The predicted octanol–water partition coefficient (Wildman–Crippen LogP) is 3.53. The normalized spacial score (nSPS) is 16.0. The molecule has 11 heteroatoms. The smallest absolute Gasteiger partial charge is 0.387 e. The number of benzene rings is 1. The predicted molar refractivity (Wildman–Crippen MR) is 130 cm³/mol. The van der Waals surface area contributed by atoms with Crippen LogP contribution in [0.5, 0.6) is 5.75 Å². The fourth-order valence-electron chi connectivity index (χ4n) is 3.93. The molecule has 2 aromatic heterocycles. The van der Waals surface area contributed by atoms with Gasteiger partial charge in [-0.2, -0.15) is 8.78 Å². The summed E-state index contributed by atoms with van der Waals surface area (Å²) in [5.74, 6) is 0.0456. The van der Waals surface area contributed by atoms with Crippen molar-refractivity contribution in [3.63, 3.8) is 0 Å². The zero-order valence-electron chi connectivity index (χ0n) is 19.8. The van der Waals surface area contributed by atoms with Crippen LogP contribution in [0.15, 0.2) is 30.6 Å². The lowest BCUT2D eigenvalue weighted by Gasteiger charge is -2.20. The summed E-state index contributed by atoms with van der Waals surface area (Å²) in [6.45, 7) is 5.14. The second-order valence-corrected chi connectivity index (χ2v) is 9.56. The number of hydrogen-bond acceptors (Lipinski definition) is 7. The van der Waals surface area contributed by atoms with Gasteiger partial charge in [0.15, 0.2) is 5.65 Å². The number of rotatable bonds is 8. The number of H-pyrrole nitrogens is 1. The number of nitrogens with zero attached hydrogens (tertiary/aromatic N) is 2. The molecule has 1 atom stereocenters. The molecule has 5 N–H and O–H groups in total. The number of aromatic amines is 1. The first-order chi connectivity index (χ1) is 16.6. The van der Waals surface area contributed by atoms with Crippen LogP contribution >= 0.6 is 0 Å². The summed E-state index contributed by atoms with van der Waals surface area (Å²) in [5.41, 5.74) is 1.70. The highest BCUT2D eigenvalue weighted by Crippen LogP contribution is 2.27. The lowest BCUT2D eigenvalue weighted by molar-refractivity contribution is -0.0498. The molecular formula is C24H29F2N7O2. The average molecular weight is 486 g/mol. The Morgan fingerprint density at radius 1 is 1.31 bits per heavy atom. The van der Waals surface area contributed by atoms with Crippen LogP contribution in [0.3, 0.4) is 0 Å². The standard InChI is InChI=1S/C24H29F2N7O2/c1-24(2,3)33-22(34)16-11-30-21-20(16)32-18(12-31-21)19(27)15-8-14(35-23(25)26)4-5-17(15)29-10-13-6-7-28-9-13/h4-5,8,11-13,23,27-29H,6-7,9-10H2,1-3H3,(H,30,31)(H,33,34). The van der Waals surface area contributed by atoms with Gasteiger partial charge in [-0.1, -0.05) is 0 Å². The molecule has 0 bridgehead atoms. The average Bonchev–Trinajstić information content (AvgIpc) is 3.45. The van der Waals surface area contributed by atoms with Crippen LogP contribution in [0.4, 0.5) is 14.5 Å². The molecule has 186 valence electrons. The molecule has 4 rings (SSSR count). The highest BCUT2D eigenvalue weighted by Gasteiger charge is 2.22. The van der Waals surface area contributed by atoms with Crippen LogP contribution in [0.2, 0.25) is 0 Å². The highest BCUT2D eigenvalue weighted by atomic mass is 19.3. The van der Waals surface area contributed by atoms with Gasteiger partial charge in [0.1, 0.15) is 17.0 Å². The summed E-state index contributed by atoms with van der Waals surface area (Å²) in [6, 6.07) is 4.45. The van der Waals surface area contributed by atoms with E-state index in [0.717, 1.165) is 19.5 Å². The third-order valence-electron chi connectivity index (χ3n) is 5.60. The van der Waals surface area contributed by atoms with Gasteiger partial charge >= 0.3 is 6.61 Å². The van der Waals surface area contributed by atoms with Crippen molar-refractivity contribution in [3.8, 4) is 5.75 Å². The number of alkyl halides is 2. The Morgan fingerprint density at radius 2 is 2.11 bits per heavy atom. The van der Waals surface area contributed by atoms with Crippen LogP contribution in [-0.2, 0) is 0 Å². The first-order valence-electron chi connectivity index (χ1n) is 11.4. The van der Waals surface area contributed by atoms with Gasteiger partial charge in [-0.3, -0.25) is 10.2 Å². The Hall–Kier alpha value is -3.60. The molecule has 1 amide bonds. The molecule has 9 nitrogen and oxygen atoms in total. The van der Waals surface area contributed by atoms with E-state index >= 15 is 0 Å². The highest BCUT2D eigenvalue weighted by molar-refractivity contribution is 6.14. The topological polar surface area (TPSA) is 128 Å². The molecule has 1 aliphatic rings. The monoisotopic (exact) mass is 485 g/mol. The van der Waals surface area contributed by atoms with E-state index < -0.39 is 12.2 Å². The molecule has 0 saturated carbocycles. The fraction of sp³-hybridized carbons (Fsp3) is 0.417. The second kappa shape index (κ2) is 9.95. The number of nitrogens with one attached hydrogen (secondary N) is 5. The van der Waals surface area contributed by atoms with Crippen LogP contribution in [0.25, 0.3) is 11.2 Å². The number of carbonyl (C=O) groups excluding carboxylic acids is 1. The fourth-order valence-corrected chi connectivity index (χ4v) is 3.93. The number of hydrogen-bond donors (Lipinski definition) is 5. The Labute approximate surface area is 201 Å². The summed E-state index contributed by atoms with van der Waals surface area (Å²) in [4.78, 5) is 24.5. The van der Waals surface area contributed by atoms with Crippen molar-refractivity contribution < 1.29 is 18.3 Å². The SMILES string of the molecule is CC(C)(C)NC(=O)c1c[nH]c2ncc(C(=N)c3cc(OC(F)F)ccc3NCC3CCNC3)nc12. The van der Waals surface area contributed by atoms with Gasteiger partial charge in [-0.05, 0) is 64.4 Å². The maximum atomic E-state index is 12.8. The summed E-state index contributed by atoms with van der Waals surface area (Å²) in [6.07, 6.45) is 3.97. The molecule has 1 aliphatic heterocycles. The third-order valence-corrected chi connectivity index (χ3v) is 5.60. The van der Waals surface area contributed by atoms with Crippen molar-refractivity contribution >= 4 is 28.5 Å². The molecule has 0 radical (unpaired) electrons. The molecule has 1 aromatic carbocycles. The number of amides is 1. The molecule has 1 unspecified atom stereocenters. The Balaban J connectivity index is 1.67. The van der Waals surface area contributed by atoms with Crippen LogP contribution < -0.4 is 20.7 Å². The Kier molecular flexibility index (Phi) is 6.97. The molecule has 0 spiro atoms. The zero-order valence-corrected chi connectivity index (χ0v) is 19.8. The molecule has 35 heavy (non-hydrogen) atoms. The quantitative estimate of drug-likeness (QED) is 0.311. The third kappa shape index (κ3) is 5.91. The zero-order chi connectivity index (χ0) is 25.2. The first-order valence-corrected chi connectivity index (χ1v) is 11.4. The van der Waals surface area contributed by atoms with Crippen molar-refractivity contribution in [2.75, 3.05) is 25.0 Å². The molecule has 3 aromatic rings. The number of aromatic nitrogens is 3. The van der Waals surface area contributed by atoms with E-state index in [1.54, 1.807) is 6.07 Å². The van der Waals surface area contributed by atoms with E-state index in [2.05, 4.69) is 35.6 Å². The van der Waals surface area contributed by atoms with E-state index in [1.165, 1.54) is 24.5 Å². The minimum Gasteiger partial charge on any atom is -0.435 e. The van der Waals surface area contributed by atoms with Gasteiger partial charge in [0, 0.05) is 29.5 Å². The van der Waals surface area contributed by atoms with Crippen LogP contribution in [-0.4, -0.2) is 58.4 Å². The van der Waals surface area contributed by atoms with Gasteiger partial charge in [-0.25, -0.2) is 9.97 Å². The number of halogens is 2. The minimum atomic E-state index is -2.99. The maximum Gasteiger partial charge on any atom is 0.387 e. The van der Waals surface area contributed by atoms with Crippen LogP contribution in [0.1, 0.15) is 48.8 Å². The lowest BCUT2D eigenvalue weighted by Crippen LogP contribution is -2.40. The van der Waals surface area contributed by atoms with E-state index in [0.29, 0.717) is 40.4 Å². The number of anilines is 1. The van der Waals surface area contributed by atoms with E-state index in [-0.39, 0.29) is 23.1 Å². The second-order valence-electron chi connectivity index (χ2n) is 9.56. The molecule has 0 aliphatic carbocycles. The van der Waals surface area contributed by atoms with Crippen molar-refractivity contribution in [1.29, 1.82) is 5.41 Å². The first kappa shape index (κ1) is 24.5. The van der Waals surface area contributed by atoms with Gasteiger partial charge in [-0.15, -0.1) is 0 Å². The Morgan fingerprint density at radius 3 is 2.80 bits per heavy atom. The molecule has 3 heterocycles. The van der Waals surface area contributed by atoms with E-state index in [1.807, 2.05) is 20.8 Å². The molecule has 1 fully saturated rings. The number of ether oxygens (including phenoxy) is 1. The van der Waals surface area contributed by atoms with Crippen molar-refractivity contribution in [2.45, 2.75) is 39.3 Å². The summed E-state index contributed by atoms with van der Waals surface area (Å²) < 4.78 is 30.3. The van der Waals surface area contributed by atoms with E-state index in [4.69, 9.17) is 5.41 Å². The minimum absolute atomic E-state index is 0.0328. The maximum absolute atomic E-state index is 12.8. The molecule has 1 saturated heterocycles. The largest absolute Gasteiger partial charge is 0.435 e. The summed E-state index contributed by atoms with van der Waals surface area (Å²) >= 11 is 0. The van der Waals surface area contributed by atoms with Crippen molar-refractivity contribution in [2.24, 2.45) is 5.92 Å². The molecular weight excluding hydrogens is 456 g/mol.